The van der Waals surface area contributed by atoms with Crippen molar-refractivity contribution in [3.63, 3.8) is 0 Å². The predicted molar refractivity (Wildman–Crippen MR) is 68.3 cm³/mol. The van der Waals surface area contributed by atoms with Crippen LogP contribution < -0.4 is 5.32 Å². The molecule has 0 saturated heterocycles. The molecule has 0 saturated carbocycles. The van der Waals surface area contributed by atoms with Gasteiger partial charge in [0.1, 0.15) is 0 Å². The number of nitrogens with one attached hydrogen (secondary N) is 1. The Morgan fingerprint density at radius 2 is 2.06 bits per heavy atom. The summed E-state index contributed by atoms with van der Waals surface area (Å²) in [7, 11) is 2.00. The highest BCUT2D eigenvalue weighted by molar-refractivity contribution is 5.08. The van der Waals surface area contributed by atoms with Crippen LogP contribution >= 0.6 is 0 Å². The lowest BCUT2D eigenvalue weighted by Gasteiger charge is -2.29. The molecule has 92 valence electrons. The molecular weight excluding hydrogens is 198 g/mol. The van der Waals surface area contributed by atoms with E-state index < -0.39 is 0 Å². The van der Waals surface area contributed by atoms with Crippen LogP contribution in [0.5, 0.6) is 0 Å². The second-order valence-corrected chi connectivity index (χ2v) is 5.65. The average Bonchev–Trinajstić information content (AvgIpc) is 2.44. The van der Waals surface area contributed by atoms with Crippen LogP contribution in [0.15, 0.2) is 6.07 Å². The van der Waals surface area contributed by atoms with Crippen LogP contribution in [0.3, 0.4) is 0 Å². The third kappa shape index (κ3) is 3.34. The molecule has 0 aromatic carbocycles. The second kappa shape index (κ2) is 5.00. The molecule has 1 aromatic rings. The van der Waals surface area contributed by atoms with Gasteiger partial charge in [-0.3, -0.25) is 4.68 Å². The fourth-order valence-electron chi connectivity index (χ4n) is 1.55. The summed E-state index contributed by atoms with van der Waals surface area (Å²) in [5.41, 5.74) is 2.67. The highest BCUT2D eigenvalue weighted by Gasteiger charge is 2.21. The molecule has 0 amide bonds. The molecule has 0 spiro atoms. The zero-order valence-corrected chi connectivity index (χ0v) is 11.5. The van der Waals surface area contributed by atoms with E-state index >= 15 is 0 Å². The van der Waals surface area contributed by atoms with E-state index in [1.807, 2.05) is 18.7 Å². The molecule has 0 aliphatic heterocycles. The predicted octanol–water partition coefficient (Wildman–Crippen LogP) is 2.50. The van der Waals surface area contributed by atoms with Gasteiger partial charge in [-0.1, -0.05) is 27.7 Å². The molecule has 16 heavy (non-hydrogen) atoms. The topological polar surface area (TPSA) is 29.9 Å². The molecule has 0 aliphatic carbocycles. The van der Waals surface area contributed by atoms with Crippen LogP contribution in [-0.4, -0.2) is 16.3 Å². The molecule has 1 N–H and O–H groups in total. The molecular formula is C13H25N3. The van der Waals surface area contributed by atoms with Crippen molar-refractivity contribution in [2.75, 3.05) is 6.54 Å². The van der Waals surface area contributed by atoms with Crippen LogP contribution in [0, 0.1) is 18.3 Å². The first-order valence-corrected chi connectivity index (χ1v) is 6.03. The van der Waals surface area contributed by atoms with E-state index in [1.54, 1.807) is 0 Å². The third-order valence-electron chi connectivity index (χ3n) is 3.55. The van der Waals surface area contributed by atoms with Crippen LogP contribution in [0.25, 0.3) is 0 Å². The molecule has 0 radical (unpaired) electrons. The first-order chi connectivity index (χ1) is 7.33. The van der Waals surface area contributed by atoms with Crippen LogP contribution in [-0.2, 0) is 13.6 Å². The molecule has 1 aromatic heterocycles. The lowest BCUT2D eigenvalue weighted by molar-refractivity contribution is 0.237. The van der Waals surface area contributed by atoms with Crippen molar-refractivity contribution >= 4 is 0 Å². The fraction of sp³-hybridized carbons (Fsp3) is 0.769. The van der Waals surface area contributed by atoms with E-state index in [9.17, 15) is 0 Å². The number of rotatable bonds is 5. The Labute approximate surface area is 99.2 Å². The van der Waals surface area contributed by atoms with E-state index in [2.05, 4.69) is 44.2 Å². The van der Waals surface area contributed by atoms with Crippen molar-refractivity contribution in [2.45, 2.75) is 41.2 Å². The highest BCUT2D eigenvalue weighted by Crippen LogP contribution is 2.24. The highest BCUT2D eigenvalue weighted by atomic mass is 15.3. The van der Waals surface area contributed by atoms with Gasteiger partial charge in [-0.15, -0.1) is 0 Å². The molecule has 3 nitrogen and oxygen atoms in total. The van der Waals surface area contributed by atoms with E-state index in [4.69, 9.17) is 0 Å². The number of nitrogens with zero attached hydrogens (tertiary/aromatic N) is 2. The zero-order valence-electron chi connectivity index (χ0n) is 11.5. The Kier molecular flexibility index (Phi) is 4.14. The minimum absolute atomic E-state index is 0.341. The summed E-state index contributed by atoms with van der Waals surface area (Å²) in [6.07, 6.45) is 0. The Balaban J connectivity index is 2.44. The average molecular weight is 223 g/mol. The first kappa shape index (κ1) is 13.2. The van der Waals surface area contributed by atoms with Gasteiger partial charge >= 0.3 is 0 Å². The summed E-state index contributed by atoms with van der Waals surface area (Å²) in [4.78, 5) is 0. The number of hydrogen-bond donors (Lipinski definition) is 1. The zero-order chi connectivity index (χ0) is 12.3. The van der Waals surface area contributed by atoms with Gasteiger partial charge < -0.3 is 5.32 Å². The van der Waals surface area contributed by atoms with Crippen molar-refractivity contribution in [2.24, 2.45) is 18.4 Å². The van der Waals surface area contributed by atoms with E-state index in [0.717, 1.165) is 18.8 Å². The SMILES string of the molecule is Cc1cc(CNCC(C)(C)C(C)C)n(C)n1. The molecule has 0 atom stereocenters. The quantitative estimate of drug-likeness (QED) is 0.831. The monoisotopic (exact) mass is 223 g/mol. The molecule has 1 heterocycles. The summed E-state index contributed by atoms with van der Waals surface area (Å²) in [6.45, 7) is 13.1. The first-order valence-electron chi connectivity index (χ1n) is 6.03. The van der Waals surface area contributed by atoms with Gasteiger partial charge in [0, 0.05) is 20.1 Å². The van der Waals surface area contributed by atoms with Crippen LogP contribution in [0.4, 0.5) is 0 Å². The second-order valence-electron chi connectivity index (χ2n) is 5.65. The Morgan fingerprint density at radius 1 is 1.44 bits per heavy atom. The maximum absolute atomic E-state index is 4.34. The van der Waals surface area contributed by atoms with Gasteiger partial charge in [0.15, 0.2) is 0 Å². The molecule has 0 bridgehead atoms. The van der Waals surface area contributed by atoms with Gasteiger partial charge in [-0.05, 0) is 24.3 Å². The summed E-state index contributed by atoms with van der Waals surface area (Å²) in [5, 5.41) is 7.85. The standard InChI is InChI=1S/C13H25N3/c1-10(2)13(4,5)9-14-8-12-7-11(3)15-16(12)6/h7,10,14H,8-9H2,1-6H3. The molecule has 0 fully saturated rings. The fourth-order valence-corrected chi connectivity index (χ4v) is 1.55. The summed E-state index contributed by atoms with van der Waals surface area (Å²) in [6, 6.07) is 2.13. The van der Waals surface area contributed by atoms with Crippen LogP contribution in [0.2, 0.25) is 0 Å². The smallest absolute Gasteiger partial charge is 0.0597 e. The maximum atomic E-state index is 4.34. The Morgan fingerprint density at radius 3 is 2.50 bits per heavy atom. The molecule has 0 unspecified atom stereocenters. The minimum atomic E-state index is 0.341. The Bertz CT molecular complexity index is 337. The van der Waals surface area contributed by atoms with Gasteiger partial charge in [0.2, 0.25) is 0 Å². The normalized spacial score (nSPS) is 12.4. The summed E-state index contributed by atoms with van der Waals surface area (Å²) >= 11 is 0. The maximum Gasteiger partial charge on any atom is 0.0597 e. The van der Waals surface area contributed by atoms with Crippen molar-refractivity contribution in [3.8, 4) is 0 Å². The van der Waals surface area contributed by atoms with Gasteiger partial charge in [0.05, 0.1) is 11.4 Å². The molecule has 3 heteroatoms. The third-order valence-corrected chi connectivity index (χ3v) is 3.55. The van der Waals surface area contributed by atoms with Crippen molar-refractivity contribution in [1.29, 1.82) is 0 Å². The number of hydrogen-bond acceptors (Lipinski definition) is 2. The number of aromatic nitrogens is 2. The molecule has 1 rings (SSSR count). The van der Waals surface area contributed by atoms with E-state index in [1.165, 1.54) is 5.69 Å². The Hall–Kier alpha value is -0.830. The molecule has 0 aliphatic rings. The van der Waals surface area contributed by atoms with Crippen molar-refractivity contribution in [1.82, 2.24) is 15.1 Å². The van der Waals surface area contributed by atoms with Crippen LogP contribution in [0.1, 0.15) is 39.1 Å². The van der Waals surface area contributed by atoms with E-state index in [0.29, 0.717) is 11.3 Å². The lowest BCUT2D eigenvalue weighted by Crippen LogP contribution is -2.33. The summed E-state index contributed by atoms with van der Waals surface area (Å²) in [5.74, 6) is 0.688. The van der Waals surface area contributed by atoms with Gasteiger partial charge in [-0.2, -0.15) is 5.10 Å². The van der Waals surface area contributed by atoms with Gasteiger partial charge in [0.25, 0.3) is 0 Å². The van der Waals surface area contributed by atoms with Crippen molar-refractivity contribution < 1.29 is 0 Å². The van der Waals surface area contributed by atoms with Crippen molar-refractivity contribution in [3.05, 3.63) is 17.5 Å². The largest absolute Gasteiger partial charge is 0.311 e. The van der Waals surface area contributed by atoms with E-state index in [-0.39, 0.29) is 0 Å². The number of aryl methyl sites for hydroxylation is 2. The summed E-state index contributed by atoms with van der Waals surface area (Å²) < 4.78 is 1.95. The lowest BCUT2D eigenvalue weighted by atomic mass is 9.81. The van der Waals surface area contributed by atoms with Gasteiger partial charge in [-0.25, -0.2) is 0 Å². The minimum Gasteiger partial charge on any atom is -0.311 e.